The summed E-state index contributed by atoms with van der Waals surface area (Å²) in [5.74, 6) is 0.742. The summed E-state index contributed by atoms with van der Waals surface area (Å²) in [5, 5.41) is 1.41. The molecular formula is C13H16N2O2S2. The zero-order valence-corrected chi connectivity index (χ0v) is 12.2. The molecule has 0 aliphatic carbocycles. The predicted octanol–water partition coefficient (Wildman–Crippen LogP) is 2.06. The summed E-state index contributed by atoms with van der Waals surface area (Å²) in [4.78, 5) is 0.276. The molecule has 0 aromatic heterocycles. The molecule has 0 unspecified atom stereocenters. The number of nitrogen functional groups attached to an aromatic ring is 1. The van der Waals surface area contributed by atoms with Crippen LogP contribution < -0.4 is 10.5 Å². The first kappa shape index (κ1) is 14.2. The van der Waals surface area contributed by atoms with Crippen LogP contribution in [0.25, 0.3) is 10.8 Å². The molecule has 2 aromatic carbocycles. The van der Waals surface area contributed by atoms with Gasteiger partial charge in [0.2, 0.25) is 10.0 Å². The fraction of sp³-hybridized carbons (Fsp3) is 0.231. The predicted molar refractivity (Wildman–Crippen MR) is 81.9 cm³/mol. The van der Waals surface area contributed by atoms with Crippen LogP contribution in [0.3, 0.4) is 0 Å². The third kappa shape index (κ3) is 3.02. The van der Waals surface area contributed by atoms with Gasteiger partial charge in [-0.2, -0.15) is 11.8 Å². The fourth-order valence-corrected chi connectivity index (χ4v) is 3.56. The summed E-state index contributed by atoms with van der Waals surface area (Å²) in [5.41, 5.74) is 6.45. The summed E-state index contributed by atoms with van der Waals surface area (Å²) in [6, 6.07) is 10.4. The first-order chi connectivity index (χ1) is 9.06. The van der Waals surface area contributed by atoms with Crippen molar-refractivity contribution in [2.24, 2.45) is 0 Å². The van der Waals surface area contributed by atoms with Gasteiger partial charge in [-0.05, 0) is 18.4 Å². The van der Waals surface area contributed by atoms with Gasteiger partial charge in [0.15, 0.2) is 0 Å². The van der Waals surface area contributed by atoms with Gasteiger partial charge in [0.25, 0.3) is 0 Å². The topological polar surface area (TPSA) is 72.2 Å². The highest BCUT2D eigenvalue weighted by atomic mass is 32.2. The zero-order chi connectivity index (χ0) is 13.9. The van der Waals surface area contributed by atoms with Gasteiger partial charge in [-0.3, -0.25) is 0 Å². The molecule has 0 aliphatic heterocycles. The first-order valence-corrected chi connectivity index (χ1v) is 8.70. The second-order valence-corrected chi connectivity index (χ2v) is 6.81. The maximum absolute atomic E-state index is 12.3. The van der Waals surface area contributed by atoms with Crippen LogP contribution in [-0.4, -0.2) is 27.0 Å². The third-order valence-corrected chi connectivity index (χ3v) is 4.94. The second-order valence-electron chi connectivity index (χ2n) is 4.09. The summed E-state index contributed by atoms with van der Waals surface area (Å²) < 4.78 is 27.1. The van der Waals surface area contributed by atoms with Crippen molar-refractivity contribution >= 4 is 38.2 Å². The van der Waals surface area contributed by atoms with E-state index >= 15 is 0 Å². The van der Waals surface area contributed by atoms with E-state index in [0.717, 1.165) is 11.1 Å². The molecule has 2 aromatic rings. The van der Waals surface area contributed by atoms with Crippen LogP contribution in [0.15, 0.2) is 41.3 Å². The van der Waals surface area contributed by atoms with Gasteiger partial charge < -0.3 is 5.73 Å². The first-order valence-electron chi connectivity index (χ1n) is 5.82. The Morgan fingerprint density at radius 1 is 1.16 bits per heavy atom. The van der Waals surface area contributed by atoms with Gasteiger partial charge in [0.05, 0.1) is 4.90 Å². The highest BCUT2D eigenvalue weighted by molar-refractivity contribution is 7.98. The number of nitrogens with two attached hydrogens (primary N) is 1. The lowest BCUT2D eigenvalue weighted by molar-refractivity contribution is 0.585. The van der Waals surface area contributed by atoms with Crippen LogP contribution in [0.2, 0.25) is 0 Å². The molecule has 0 saturated heterocycles. The number of nitrogens with one attached hydrogen (secondary N) is 1. The van der Waals surface area contributed by atoms with Crippen LogP contribution in [0.5, 0.6) is 0 Å². The van der Waals surface area contributed by atoms with Crippen LogP contribution in [0, 0.1) is 0 Å². The average Bonchev–Trinajstić information content (AvgIpc) is 2.39. The highest BCUT2D eigenvalue weighted by Gasteiger charge is 2.17. The summed E-state index contributed by atoms with van der Waals surface area (Å²) in [7, 11) is -3.49. The number of anilines is 1. The minimum atomic E-state index is -3.49. The van der Waals surface area contributed by atoms with Gasteiger partial charge in [-0.25, -0.2) is 13.1 Å². The van der Waals surface area contributed by atoms with Crippen molar-refractivity contribution in [2.75, 3.05) is 24.3 Å². The number of hydrogen-bond acceptors (Lipinski definition) is 4. The summed E-state index contributed by atoms with van der Waals surface area (Å²) in [6.07, 6.45) is 1.94. The smallest absolute Gasteiger partial charge is 0.241 e. The van der Waals surface area contributed by atoms with Crippen LogP contribution >= 0.6 is 11.8 Å². The standard InChI is InChI=1S/C13H16N2O2S2/c1-18-9-8-15-19(16,17)13-7-6-12(14)10-4-2-3-5-11(10)13/h2-7,15H,8-9,14H2,1H3. The van der Waals surface area contributed by atoms with E-state index in [4.69, 9.17) is 5.73 Å². The van der Waals surface area contributed by atoms with E-state index in [1.54, 1.807) is 30.0 Å². The molecule has 0 spiro atoms. The van der Waals surface area contributed by atoms with Crippen molar-refractivity contribution < 1.29 is 8.42 Å². The third-order valence-electron chi connectivity index (χ3n) is 2.81. The number of sulfonamides is 1. The molecule has 0 fully saturated rings. The Morgan fingerprint density at radius 2 is 1.84 bits per heavy atom. The second kappa shape index (κ2) is 5.81. The highest BCUT2D eigenvalue weighted by Crippen LogP contribution is 2.27. The molecule has 19 heavy (non-hydrogen) atoms. The van der Waals surface area contributed by atoms with Crippen LogP contribution in [0.4, 0.5) is 5.69 Å². The van der Waals surface area contributed by atoms with Gasteiger partial charge in [-0.1, -0.05) is 24.3 Å². The average molecular weight is 296 g/mol. The maximum atomic E-state index is 12.3. The Hall–Kier alpha value is -1.24. The molecule has 0 radical (unpaired) electrons. The van der Waals surface area contributed by atoms with Crippen molar-refractivity contribution in [1.82, 2.24) is 4.72 Å². The van der Waals surface area contributed by atoms with E-state index in [0.29, 0.717) is 17.6 Å². The lowest BCUT2D eigenvalue weighted by atomic mass is 10.1. The molecule has 0 atom stereocenters. The van der Waals surface area contributed by atoms with E-state index in [-0.39, 0.29) is 4.90 Å². The Labute approximate surface area is 117 Å². The lowest BCUT2D eigenvalue weighted by Crippen LogP contribution is -2.26. The number of fused-ring (bicyclic) bond motifs is 1. The maximum Gasteiger partial charge on any atom is 0.241 e. The van der Waals surface area contributed by atoms with E-state index in [9.17, 15) is 8.42 Å². The quantitative estimate of drug-likeness (QED) is 0.654. The number of rotatable bonds is 5. The SMILES string of the molecule is CSCCNS(=O)(=O)c1ccc(N)c2ccccc12. The van der Waals surface area contributed by atoms with Crippen LogP contribution in [-0.2, 0) is 10.0 Å². The van der Waals surface area contributed by atoms with E-state index in [1.807, 2.05) is 24.5 Å². The Bertz CT molecular complexity index is 684. The molecule has 0 saturated carbocycles. The molecule has 102 valence electrons. The van der Waals surface area contributed by atoms with E-state index in [1.165, 1.54) is 0 Å². The fourth-order valence-electron chi connectivity index (χ4n) is 1.88. The number of benzene rings is 2. The minimum absolute atomic E-state index is 0.276. The molecule has 4 nitrogen and oxygen atoms in total. The Kier molecular flexibility index (Phi) is 4.34. The molecule has 0 bridgehead atoms. The molecule has 3 N–H and O–H groups in total. The lowest BCUT2D eigenvalue weighted by Gasteiger charge is -2.10. The zero-order valence-electron chi connectivity index (χ0n) is 10.6. The molecule has 0 heterocycles. The van der Waals surface area contributed by atoms with Crippen molar-refractivity contribution in [2.45, 2.75) is 4.90 Å². The summed E-state index contributed by atoms with van der Waals surface area (Å²) >= 11 is 1.60. The minimum Gasteiger partial charge on any atom is -0.398 e. The van der Waals surface area contributed by atoms with Crippen molar-refractivity contribution in [1.29, 1.82) is 0 Å². The van der Waals surface area contributed by atoms with Gasteiger partial charge in [-0.15, -0.1) is 0 Å². The van der Waals surface area contributed by atoms with E-state index in [2.05, 4.69) is 4.72 Å². The van der Waals surface area contributed by atoms with Crippen LogP contribution in [0.1, 0.15) is 0 Å². The largest absolute Gasteiger partial charge is 0.398 e. The normalized spacial score (nSPS) is 11.8. The molecule has 2 rings (SSSR count). The monoisotopic (exact) mass is 296 g/mol. The Balaban J connectivity index is 2.48. The van der Waals surface area contributed by atoms with Crippen molar-refractivity contribution in [3.05, 3.63) is 36.4 Å². The summed E-state index contributed by atoms with van der Waals surface area (Å²) in [6.45, 7) is 0.419. The molecule has 0 amide bonds. The molecule has 6 heteroatoms. The van der Waals surface area contributed by atoms with Crippen molar-refractivity contribution in [3.63, 3.8) is 0 Å². The van der Waals surface area contributed by atoms with Gasteiger partial charge >= 0.3 is 0 Å². The number of hydrogen-bond donors (Lipinski definition) is 2. The molecule has 0 aliphatic rings. The van der Waals surface area contributed by atoms with Gasteiger partial charge in [0.1, 0.15) is 0 Å². The van der Waals surface area contributed by atoms with Gasteiger partial charge in [0, 0.05) is 28.8 Å². The van der Waals surface area contributed by atoms with E-state index < -0.39 is 10.0 Å². The Morgan fingerprint density at radius 3 is 2.53 bits per heavy atom. The number of thioether (sulfide) groups is 1. The van der Waals surface area contributed by atoms with Crippen molar-refractivity contribution in [3.8, 4) is 0 Å². The molecular weight excluding hydrogens is 280 g/mol.